The monoisotopic (exact) mass is 299 g/mol. The third-order valence-electron chi connectivity index (χ3n) is 3.31. The van der Waals surface area contributed by atoms with Gasteiger partial charge in [0.15, 0.2) is 0 Å². The molecule has 0 saturated carbocycles. The van der Waals surface area contributed by atoms with Crippen LogP contribution in [0.4, 0.5) is 5.69 Å². The van der Waals surface area contributed by atoms with E-state index in [-0.39, 0.29) is 16.8 Å². The summed E-state index contributed by atoms with van der Waals surface area (Å²) >= 11 is 0. The van der Waals surface area contributed by atoms with Crippen molar-refractivity contribution >= 4 is 34.2 Å². The molecule has 110 valence electrons. The van der Waals surface area contributed by atoms with Crippen molar-refractivity contribution in [3.05, 3.63) is 51.6 Å². The van der Waals surface area contributed by atoms with Crippen LogP contribution in [-0.4, -0.2) is 27.7 Å². The SMILES string of the molecule is CC(=O)NN1C(=O)c2cccc3cc([N+](=O)[O-])cc(c23)C1=O. The Kier molecular flexibility index (Phi) is 2.87. The number of imide groups is 1. The summed E-state index contributed by atoms with van der Waals surface area (Å²) < 4.78 is 0. The number of amides is 3. The van der Waals surface area contributed by atoms with Gasteiger partial charge in [-0.15, -0.1) is 0 Å². The number of benzene rings is 2. The van der Waals surface area contributed by atoms with Crippen molar-refractivity contribution in [2.75, 3.05) is 0 Å². The molecule has 0 aromatic heterocycles. The fourth-order valence-corrected chi connectivity index (χ4v) is 2.46. The van der Waals surface area contributed by atoms with Gasteiger partial charge in [-0.05, 0) is 11.5 Å². The van der Waals surface area contributed by atoms with Gasteiger partial charge >= 0.3 is 0 Å². The Morgan fingerprint density at radius 2 is 1.86 bits per heavy atom. The van der Waals surface area contributed by atoms with Gasteiger partial charge in [-0.2, -0.15) is 5.01 Å². The molecule has 0 fully saturated rings. The highest BCUT2D eigenvalue weighted by molar-refractivity contribution is 6.26. The molecule has 0 saturated heterocycles. The molecule has 0 atom stereocenters. The van der Waals surface area contributed by atoms with Crippen LogP contribution in [0, 0.1) is 10.1 Å². The lowest BCUT2D eigenvalue weighted by Crippen LogP contribution is -2.51. The first-order valence-electron chi connectivity index (χ1n) is 6.27. The summed E-state index contributed by atoms with van der Waals surface area (Å²) in [5, 5.41) is 12.3. The van der Waals surface area contributed by atoms with Gasteiger partial charge in [0, 0.05) is 24.4 Å². The molecule has 0 unspecified atom stereocenters. The zero-order valence-electron chi connectivity index (χ0n) is 11.3. The molecule has 22 heavy (non-hydrogen) atoms. The lowest BCUT2D eigenvalue weighted by molar-refractivity contribution is -0.384. The maximum absolute atomic E-state index is 12.4. The summed E-state index contributed by atoms with van der Waals surface area (Å²) in [5.74, 6) is -2.07. The predicted molar refractivity (Wildman–Crippen MR) is 74.9 cm³/mol. The van der Waals surface area contributed by atoms with Gasteiger partial charge in [-0.3, -0.25) is 29.9 Å². The van der Waals surface area contributed by atoms with Gasteiger partial charge in [0.05, 0.1) is 16.1 Å². The molecule has 3 rings (SSSR count). The number of carbonyl (C=O) groups excluding carboxylic acids is 3. The Balaban J connectivity index is 2.32. The second-order valence-corrected chi connectivity index (χ2v) is 4.77. The molecule has 1 heterocycles. The first-order valence-corrected chi connectivity index (χ1v) is 6.27. The minimum atomic E-state index is -0.799. The van der Waals surface area contributed by atoms with E-state index in [9.17, 15) is 24.5 Å². The average molecular weight is 299 g/mol. The van der Waals surface area contributed by atoms with Gasteiger partial charge in [-0.25, -0.2) is 0 Å². The minimum absolute atomic E-state index is 0.00755. The van der Waals surface area contributed by atoms with Crippen LogP contribution in [0.2, 0.25) is 0 Å². The quantitative estimate of drug-likeness (QED) is 0.512. The third-order valence-corrected chi connectivity index (χ3v) is 3.31. The van der Waals surface area contributed by atoms with Crippen molar-refractivity contribution in [3.8, 4) is 0 Å². The van der Waals surface area contributed by atoms with Gasteiger partial charge in [0.25, 0.3) is 17.5 Å². The molecule has 0 bridgehead atoms. The maximum Gasteiger partial charge on any atom is 0.280 e. The van der Waals surface area contributed by atoms with Crippen LogP contribution in [0.15, 0.2) is 30.3 Å². The van der Waals surface area contributed by atoms with E-state index in [0.717, 1.165) is 13.0 Å². The van der Waals surface area contributed by atoms with E-state index in [2.05, 4.69) is 5.43 Å². The summed E-state index contributed by atoms with van der Waals surface area (Å²) in [4.78, 5) is 46.3. The Morgan fingerprint density at radius 1 is 1.18 bits per heavy atom. The zero-order valence-corrected chi connectivity index (χ0v) is 11.3. The van der Waals surface area contributed by atoms with Gasteiger partial charge in [0.1, 0.15) is 0 Å². The van der Waals surface area contributed by atoms with E-state index < -0.39 is 22.6 Å². The molecule has 1 N–H and O–H groups in total. The normalized spacial score (nSPS) is 13.4. The van der Waals surface area contributed by atoms with E-state index >= 15 is 0 Å². The third kappa shape index (κ3) is 1.89. The number of carbonyl (C=O) groups is 3. The standard InChI is InChI=1S/C14H9N3O5/c1-7(18)15-16-13(19)10-4-2-3-8-5-9(17(21)22)6-11(12(8)10)14(16)20/h2-6H,1H3,(H,15,18). The number of nitro groups is 1. The van der Waals surface area contributed by atoms with Crippen LogP contribution in [0.1, 0.15) is 27.6 Å². The Labute approximate surface area is 123 Å². The summed E-state index contributed by atoms with van der Waals surface area (Å²) in [5.41, 5.74) is 2.09. The van der Waals surface area contributed by atoms with Crippen molar-refractivity contribution in [3.63, 3.8) is 0 Å². The molecule has 1 aliphatic rings. The zero-order chi connectivity index (χ0) is 16.0. The van der Waals surface area contributed by atoms with Crippen molar-refractivity contribution in [2.45, 2.75) is 6.92 Å². The first-order chi connectivity index (χ1) is 10.4. The molecule has 0 radical (unpaired) electrons. The number of hydrogen-bond acceptors (Lipinski definition) is 5. The van der Waals surface area contributed by atoms with E-state index in [1.807, 2.05) is 0 Å². The Bertz CT molecular complexity index is 874. The second-order valence-electron chi connectivity index (χ2n) is 4.77. The fourth-order valence-electron chi connectivity index (χ4n) is 2.46. The summed E-state index contributed by atoms with van der Waals surface area (Å²) in [7, 11) is 0. The minimum Gasteiger partial charge on any atom is -0.274 e. The highest BCUT2D eigenvalue weighted by Crippen LogP contribution is 2.32. The van der Waals surface area contributed by atoms with Crippen molar-refractivity contribution in [2.24, 2.45) is 0 Å². The van der Waals surface area contributed by atoms with E-state index in [4.69, 9.17) is 0 Å². The molecule has 2 aromatic rings. The topological polar surface area (TPSA) is 110 Å². The Morgan fingerprint density at radius 3 is 2.50 bits per heavy atom. The molecule has 3 amide bonds. The molecule has 2 aromatic carbocycles. The van der Waals surface area contributed by atoms with Crippen LogP contribution in [0.3, 0.4) is 0 Å². The number of non-ortho nitro benzene ring substituents is 1. The summed E-state index contributed by atoms with van der Waals surface area (Å²) in [6.45, 7) is 1.16. The lowest BCUT2D eigenvalue weighted by atomic mass is 9.94. The highest BCUT2D eigenvalue weighted by atomic mass is 16.6. The number of nitrogens with one attached hydrogen (secondary N) is 1. The van der Waals surface area contributed by atoms with E-state index in [1.165, 1.54) is 12.1 Å². The maximum atomic E-state index is 12.4. The van der Waals surface area contributed by atoms with Crippen LogP contribution < -0.4 is 5.43 Å². The van der Waals surface area contributed by atoms with E-state index in [0.29, 0.717) is 15.8 Å². The fraction of sp³-hybridized carbons (Fsp3) is 0.0714. The van der Waals surface area contributed by atoms with Gasteiger partial charge < -0.3 is 0 Å². The molecule has 8 heteroatoms. The van der Waals surface area contributed by atoms with Gasteiger partial charge in [-0.1, -0.05) is 12.1 Å². The number of rotatable bonds is 2. The van der Waals surface area contributed by atoms with Crippen molar-refractivity contribution in [1.29, 1.82) is 0 Å². The highest BCUT2D eigenvalue weighted by Gasteiger charge is 2.35. The summed E-state index contributed by atoms with van der Waals surface area (Å²) in [6, 6.07) is 7.06. The molecule has 1 aliphatic heterocycles. The Hall–Kier alpha value is -3.29. The molecule has 0 aliphatic carbocycles. The number of hydrogen-bond donors (Lipinski definition) is 1. The largest absolute Gasteiger partial charge is 0.280 e. The predicted octanol–water partition coefficient (Wildman–Crippen LogP) is 1.40. The molecular weight excluding hydrogens is 290 g/mol. The number of nitrogens with zero attached hydrogens (tertiary/aromatic N) is 2. The molecule has 8 nitrogen and oxygen atoms in total. The van der Waals surface area contributed by atoms with Crippen molar-refractivity contribution in [1.82, 2.24) is 10.4 Å². The average Bonchev–Trinajstić information content (AvgIpc) is 2.48. The van der Waals surface area contributed by atoms with Gasteiger partial charge in [0.2, 0.25) is 5.91 Å². The van der Waals surface area contributed by atoms with Crippen molar-refractivity contribution < 1.29 is 19.3 Å². The lowest BCUT2D eigenvalue weighted by Gasteiger charge is -2.26. The first kappa shape index (κ1) is 13.7. The van der Waals surface area contributed by atoms with E-state index in [1.54, 1.807) is 12.1 Å². The molecule has 0 spiro atoms. The number of hydrazine groups is 1. The summed E-state index contributed by atoms with van der Waals surface area (Å²) in [6.07, 6.45) is 0. The second kappa shape index (κ2) is 4.62. The van der Waals surface area contributed by atoms with Crippen LogP contribution in [0.25, 0.3) is 10.8 Å². The molecular formula is C14H9N3O5. The van der Waals surface area contributed by atoms with Crippen LogP contribution >= 0.6 is 0 Å². The smallest absolute Gasteiger partial charge is 0.274 e. The van der Waals surface area contributed by atoms with Crippen LogP contribution in [0.5, 0.6) is 0 Å². The van der Waals surface area contributed by atoms with Crippen LogP contribution in [-0.2, 0) is 4.79 Å². The number of nitro benzene ring substituents is 1.